The summed E-state index contributed by atoms with van der Waals surface area (Å²) in [5, 5.41) is 7.16. The van der Waals surface area contributed by atoms with Crippen LogP contribution in [0.25, 0.3) is 0 Å². The van der Waals surface area contributed by atoms with Gasteiger partial charge in [-0.2, -0.15) is 5.10 Å². The van der Waals surface area contributed by atoms with Gasteiger partial charge in [0.2, 0.25) is 5.95 Å². The lowest BCUT2D eigenvalue weighted by Crippen LogP contribution is -2.33. The zero-order valence-corrected chi connectivity index (χ0v) is 11.9. The minimum atomic E-state index is -0.209. The molecule has 1 aliphatic carbocycles. The molecule has 1 saturated carbocycles. The van der Waals surface area contributed by atoms with Crippen LogP contribution in [0, 0.1) is 12.3 Å². The third-order valence-corrected chi connectivity index (χ3v) is 3.74. The lowest BCUT2D eigenvalue weighted by molar-refractivity contribution is 0.0937. The average molecular weight is 286 g/mol. The molecule has 0 aromatic carbocycles. The number of carbonyl (C=O) groups excluding carboxylic acids is 1. The highest BCUT2D eigenvalue weighted by atomic mass is 16.1. The van der Waals surface area contributed by atoms with Gasteiger partial charge in [0.15, 0.2) is 0 Å². The molecule has 1 amide bonds. The van der Waals surface area contributed by atoms with E-state index >= 15 is 0 Å². The van der Waals surface area contributed by atoms with Crippen molar-refractivity contribution in [3.05, 3.63) is 35.9 Å². The number of carbonyl (C=O) groups is 1. The van der Waals surface area contributed by atoms with Crippen molar-refractivity contribution in [1.82, 2.24) is 25.1 Å². The van der Waals surface area contributed by atoms with Crippen molar-refractivity contribution >= 4 is 11.9 Å². The van der Waals surface area contributed by atoms with E-state index in [0.29, 0.717) is 17.9 Å². The van der Waals surface area contributed by atoms with Crippen LogP contribution < -0.4 is 11.1 Å². The number of aryl methyl sites for hydroxylation is 1. The number of nitrogens with two attached hydrogens (primary N) is 1. The summed E-state index contributed by atoms with van der Waals surface area (Å²) in [5.41, 5.74) is 6.69. The number of nitrogens with zero attached hydrogens (tertiary/aromatic N) is 4. The smallest absolute Gasteiger partial charge is 0.270 e. The maximum atomic E-state index is 12.1. The van der Waals surface area contributed by atoms with Crippen molar-refractivity contribution in [2.75, 3.05) is 12.3 Å². The van der Waals surface area contributed by atoms with Crippen LogP contribution in [-0.2, 0) is 6.54 Å². The molecule has 2 aromatic heterocycles. The number of hydrogen-bond donors (Lipinski definition) is 2. The Morgan fingerprint density at radius 3 is 2.90 bits per heavy atom. The first kappa shape index (κ1) is 13.5. The summed E-state index contributed by atoms with van der Waals surface area (Å²) in [6.45, 7) is 3.23. The number of nitrogens with one attached hydrogen (secondary N) is 1. The van der Waals surface area contributed by atoms with Gasteiger partial charge in [-0.15, -0.1) is 0 Å². The second-order valence-corrected chi connectivity index (χ2v) is 5.64. The molecule has 2 aromatic rings. The molecule has 0 spiro atoms. The number of aromatic nitrogens is 4. The largest absolute Gasteiger partial charge is 0.368 e. The summed E-state index contributed by atoms with van der Waals surface area (Å²) in [7, 11) is 0. The van der Waals surface area contributed by atoms with E-state index in [-0.39, 0.29) is 17.3 Å². The van der Waals surface area contributed by atoms with E-state index in [1.54, 1.807) is 19.2 Å². The quantitative estimate of drug-likeness (QED) is 0.846. The molecule has 0 radical (unpaired) electrons. The zero-order chi connectivity index (χ0) is 14.9. The highest BCUT2D eigenvalue weighted by Gasteiger charge is 2.43. The Morgan fingerprint density at radius 2 is 2.29 bits per heavy atom. The third kappa shape index (κ3) is 3.18. The van der Waals surface area contributed by atoms with Gasteiger partial charge in [0.1, 0.15) is 5.69 Å². The van der Waals surface area contributed by atoms with E-state index in [2.05, 4.69) is 20.4 Å². The molecule has 1 aliphatic rings. The molecule has 3 rings (SSSR count). The molecule has 0 bridgehead atoms. The molecular weight excluding hydrogens is 268 g/mol. The molecule has 1 fully saturated rings. The second kappa shape index (κ2) is 5.16. The fourth-order valence-electron chi connectivity index (χ4n) is 2.37. The van der Waals surface area contributed by atoms with Gasteiger partial charge >= 0.3 is 0 Å². The standard InChI is InChI=1S/C14H18N6O/c1-10-7-11(19-13(15)18-10)12(21)16-8-14(3-4-14)9-20-6-2-5-17-20/h2,5-7H,3-4,8-9H2,1H3,(H,16,21)(H2,15,18,19). The van der Waals surface area contributed by atoms with Crippen LogP contribution in [0.4, 0.5) is 5.95 Å². The Labute approximate surface area is 122 Å². The Kier molecular flexibility index (Phi) is 3.32. The molecule has 2 heterocycles. The molecular formula is C14H18N6O. The Balaban J connectivity index is 1.61. The van der Waals surface area contributed by atoms with Gasteiger partial charge in [-0.1, -0.05) is 0 Å². The van der Waals surface area contributed by atoms with Gasteiger partial charge in [-0.05, 0) is 31.9 Å². The zero-order valence-electron chi connectivity index (χ0n) is 11.9. The van der Waals surface area contributed by atoms with Gasteiger partial charge in [-0.25, -0.2) is 9.97 Å². The number of rotatable bonds is 5. The topological polar surface area (TPSA) is 98.7 Å². The molecule has 0 unspecified atom stereocenters. The molecule has 0 atom stereocenters. The van der Waals surface area contributed by atoms with E-state index < -0.39 is 0 Å². The number of nitrogen functional groups attached to an aromatic ring is 1. The van der Waals surface area contributed by atoms with Crippen molar-refractivity contribution in [2.45, 2.75) is 26.3 Å². The number of hydrogen-bond acceptors (Lipinski definition) is 5. The maximum absolute atomic E-state index is 12.1. The predicted molar refractivity (Wildman–Crippen MR) is 77.4 cm³/mol. The summed E-state index contributed by atoms with van der Waals surface area (Å²) in [5.74, 6) is -0.0863. The number of anilines is 1. The summed E-state index contributed by atoms with van der Waals surface area (Å²) in [6.07, 6.45) is 5.90. The van der Waals surface area contributed by atoms with Gasteiger partial charge < -0.3 is 11.1 Å². The second-order valence-electron chi connectivity index (χ2n) is 5.64. The first-order valence-corrected chi connectivity index (χ1v) is 6.93. The average Bonchev–Trinajstić information content (AvgIpc) is 2.99. The maximum Gasteiger partial charge on any atom is 0.270 e. The monoisotopic (exact) mass is 286 g/mol. The first-order chi connectivity index (χ1) is 10.1. The van der Waals surface area contributed by atoms with Crippen molar-refractivity contribution in [3.8, 4) is 0 Å². The minimum Gasteiger partial charge on any atom is -0.368 e. The van der Waals surface area contributed by atoms with E-state index in [9.17, 15) is 4.79 Å². The molecule has 7 nitrogen and oxygen atoms in total. The van der Waals surface area contributed by atoms with Crippen LogP contribution in [0.15, 0.2) is 24.5 Å². The van der Waals surface area contributed by atoms with E-state index in [1.165, 1.54) is 0 Å². The highest BCUT2D eigenvalue weighted by Crippen LogP contribution is 2.46. The van der Waals surface area contributed by atoms with Gasteiger partial charge in [-0.3, -0.25) is 9.48 Å². The van der Waals surface area contributed by atoms with Crippen LogP contribution in [0.3, 0.4) is 0 Å². The van der Waals surface area contributed by atoms with Crippen LogP contribution in [0.2, 0.25) is 0 Å². The van der Waals surface area contributed by atoms with Crippen LogP contribution in [-0.4, -0.2) is 32.2 Å². The fourth-order valence-corrected chi connectivity index (χ4v) is 2.37. The number of amides is 1. The van der Waals surface area contributed by atoms with Crippen molar-refractivity contribution in [2.24, 2.45) is 5.41 Å². The predicted octanol–water partition coefficient (Wildman–Crippen LogP) is 0.774. The molecule has 0 aliphatic heterocycles. The van der Waals surface area contributed by atoms with Crippen molar-refractivity contribution in [1.29, 1.82) is 0 Å². The third-order valence-electron chi connectivity index (χ3n) is 3.74. The van der Waals surface area contributed by atoms with Gasteiger partial charge in [0.05, 0.1) is 0 Å². The molecule has 0 saturated heterocycles. The first-order valence-electron chi connectivity index (χ1n) is 6.93. The molecule has 110 valence electrons. The van der Waals surface area contributed by atoms with Crippen LogP contribution in [0.5, 0.6) is 0 Å². The summed E-state index contributed by atoms with van der Waals surface area (Å²) in [6, 6.07) is 3.54. The van der Waals surface area contributed by atoms with Crippen LogP contribution in [0.1, 0.15) is 29.0 Å². The van der Waals surface area contributed by atoms with Crippen LogP contribution >= 0.6 is 0 Å². The SMILES string of the molecule is Cc1cc(C(=O)NCC2(Cn3cccn3)CC2)nc(N)n1. The highest BCUT2D eigenvalue weighted by molar-refractivity contribution is 5.92. The Morgan fingerprint density at radius 1 is 1.48 bits per heavy atom. The summed E-state index contributed by atoms with van der Waals surface area (Å²) < 4.78 is 1.91. The lowest BCUT2D eigenvalue weighted by atomic mass is 10.1. The van der Waals surface area contributed by atoms with E-state index in [1.807, 2.05) is 16.9 Å². The van der Waals surface area contributed by atoms with Crippen molar-refractivity contribution < 1.29 is 4.79 Å². The lowest BCUT2D eigenvalue weighted by Gasteiger charge is -2.16. The van der Waals surface area contributed by atoms with Gasteiger partial charge in [0, 0.05) is 36.6 Å². The molecule has 21 heavy (non-hydrogen) atoms. The Hall–Kier alpha value is -2.44. The van der Waals surface area contributed by atoms with E-state index in [4.69, 9.17) is 5.73 Å². The Bertz CT molecular complexity index is 627. The molecule has 3 N–H and O–H groups in total. The summed E-state index contributed by atoms with van der Waals surface area (Å²) in [4.78, 5) is 20.1. The van der Waals surface area contributed by atoms with Gasteiger partial charge in [0.25, 0.3) is 5.91 Å². The van der Waals surface area contributed by atoms with E-state index in [0.717, 1.165) is 19.4 Å². The minimum absolute atomic E-state index is 0.120. The normalized spacial score (nSPS) is 15.7. The summed E-state index contributed by atoms with van der Waals surface area (Å²) >= 11 is 0. The fraction of sp³-hybridized carbons (Fsp3) is 0.429. The van der Waals surface area contributed by atoms with Crippen molar-refractivity contribution in [3.63, 3.8) is 0 Å². The molecule has 7 heteroatoms.